The van der Waals surface area contributed by atoms with Crippen LogP contribution in [-0.4, -0.2) is 30.8 Å². The largest absolute Gasteiger partial charge is 0.497 e. The second-order valence-electron chi connectivity index (χ2n) is 10.6. The molecule has 2 aromatic rings. The van der Waals surface area contributed by atoms with Crippen molar-refractivity contribution in [2.75, 3.05) is 14.2 Å². The maximum atomic E-state index is 14.3. The summed E-state index contributed by atoms with van der Waals surface area (Å²) in [5.41, 5.74) is 2.92. The molecule has 0 saturated heterocycles. The third-order valence-electron chi connectivity index (χ3n) is 8.53. The van der Waals surface area contributed by atoms with Gasteiger partial charge < -0.3 is 9.47 Å². The van der Waals surface area contributed by atoms with Gasteiger partial charge in [0, 0.05) is 6.42 Å². The number of amides is 1. The van der Waals surface area contributed by atoms with Gasteiger partial charge in [0.25, 0.3) is 0 Å². The third kappa shape index (κ3) is 3.53. The SMILES string of the molecule is COc1ccc(C2=NN(C(=O)C34CC5CC(CC(C5)C3)C4)C(c3ccc(OC)cc3)C2)cc1. The van der Waals surface area contributed by atoms with Gasteiger partial charge in [-0.3, -0.25) is 4.79 Å². The van der Waals surface area contributed by atoms with E-state index < -0.39 is 0 Å². The fraction of sp³-hybridized carbons (Fsp3) is 0.500. The Balaban J connectivity index is 1.35. The molecule has 1 atom stereocenters. The molecule has 2 aromatic carbocycles. The highest BCUT2D eigenvalue weighted by atomic mass is 16.5. The molecule has 4 bridgehead atoms. The van der Waals surface area contributed by atoms with Crippen LogP contribution < -0.4 is 9.47 Å². The van der Waals surface area contributed by atoms with Crippen molar-refractivity contribution in [3.8, 4) is 11.5 Å². The first-order chi connectivity index (χ1) is 16.1. The number of rotatable bonds is 5. The molecule has 5 aliphatic rings. The van der Waals surface area contributed by atoms with E-state index in [1.54, 1.807) is 14.2 Å². The van der Waals surface area contributed by atoms with Crippen molar-refractivity contribution in [1.29, 1.82) is 0 Å². The van der Waals surface area contributed by atoms with Gasteiger partial charge in [-0.2, -0.15) is 5.10 Å². The summed E-state index contributed by atoms with van der Waals surface area (Å²) in [4.78, 5) is 14.3. The van der Waals surface area contributed by atoms with Crippen LogP contribution in [0.5, 0.6) is 11.5 Å². The number of ether oxygens (including phenoxy) is 2. The number of hydrogen-bond donors (Lipinski definition) is 0. The van der Waals surface area contributed by atoms with E-state index in [4.69, 9.17) is 14.6 Å². The number of benzene rings is 2. The molecule has 0 radical (unpaired) electrons. The molecule has 0 N–H and O–H groups in total. The lowest BCUT2D eigenvalue weighted by Crippen LogP contribution is -2.53. The third-order valence-corrected chi connectivity index (χ3v) is 8.53. The number of hydrazone groups is 1. The quantitative estimate of drug-likeness (QED) is 0.603. The summed E-state index contributed by atoms with van der Waals surface area (Å²) in [7, 11) is 3.35. The molecule has 1 heterocycles. The molecule has 4 saturated carbocycles. The predicted molar refractivity (Wildman–Crippen MR) is 127 cm³/mol. The lowest BCUT2D eigenvalue weighted by molar-refractivity contribution is -0.159. The Bertz CT molecular complexity index is 1040. The average Bonchev–Trinajstić information content (AvgIpc) is 3.28. The van der Waals surface area contributed by atoms with Crippen molar-refractivity contribution >= 4 is 11.6 Å². The first kappa shape index (κ1) is 20.8. The predicted octanol–water partition coefficient (Wildman–Crippen LogP) is 5.60. The number of carbonyl (C=O) groups is 1. The molecular weight excluding hydrogens is 412 g/mol. The van der Waals surface area contributed by atoms with Crippen LogP contribution in [0.3, 0.4) is 0 Å². The number of methoxy groups -OCH3 is 2. The van der Waals surface area contributed by atoms with Gasteiger partial charge >= 0.3 is 0 Å². The molecule has 4 aliphatic carbocycles. The van der Waals surface area contributed by atoms with Crippen LogP contribution in [-0.2, 0) is 4.79 Å². The molecule has 0 aromatic heterocycles. The number of nitrogens with zero attached hydrogens (tertiary/aromatic N) is 2. The first-order valence-electron chi connectivity index (χ1n) is 12.3. The molecule has 172 valence electrons. The van der Waals surface area contributed by atoms with E-state index in [9.17, 15) is 4.79 Å². The van der Waals surface area contributed by atoms with Crippen molar-refractivity contribution in [3.63, 3.8) is 0 Å². The van der Waals surface area contributed by atoms with Crippen molar-refractivity contribution < 1.29 is 14.3 Å². The van der Waals surface area contributed by atoms with Crippen molar-refractivity contribution in [1.82, 2.24) is 5.01 Å². The van der Waals surface area contributed by atoms with E-state index in [0.29, 0.717) is 0 Å². The molecule has 1 aliphatic heterocycles. The van der Waals surface area contributed by atoms with Crippen LogP contribution in [0.2, 0.25) is 0 Å². The van der Waals surface area contributed by atoms with E-state index >= 15 is 0 Å². The molecule has 1 amide bonds. The minimum Gasteiger partial charge on any atom is -0.497 e. The summed E-state index contributed by atoms with van der Waals surface area (Å²) in [6, 6.07) is 16.1. The van der Waals surface area contributed by atoms with Gasteiger partial charge in [0.1, 0.15) is 11.5 Å². The standard InChI is InChI=1S/C28H32N2O3/c1-32-23-7-3-21(4-8-23)25-14-26(22-5-9-24(33-2)10-6-22)30(29-25)27(31)28-15-18-11-19(16-28)13-20(12-18)17-28/h3-10,18-20,26H,11-17H2,1-2H3. The summed E-state index contributed by atoms with van der Waals surface area (Å²) >= 11 is 0. The smallest absolute Gasteiger partial charge is 0.249 e. The fourth-order valence-electron chi connectivity index (χ4n) is 7.36. The monoisotopic (exact) mass is 444 g/mol. The Kier molecular flexibility index (Phi) is 4.97. The summed E-state index contributed by atoms with van der Waals surface area (Å²) in [5.74, 6) is 4.09. The van der Waals surface area contributed by atoms with Crippen LogP contribution in [0.15, 0.2) is 53.6 Å². The Morgan fingerprint density at radius 1 is 0.848 bits per heavy atom. The zero-order chi connectivity index (χ0) is 22.6. The highest BCUT2D eigenvalue weighted by molar-refractivity contribution is 6.03. The topological polar surface area (TPSA) is 51.1 Å². The molecule has 1 unspecified atom stereocenters. The zero-order valence-corrected chi connectivity index (χ0v) is 19.5. The van der Waals surface area contributed by atoms with Gasteiger partial charge in [0.05, 0.1) is 31.4 Å². The highest BCUT2D eigenvalue weighted by Gasteiger charge is 2.57. The van der Waals surface area contributed by atoms with Gasteiger partial charge in [0.2, 0.25) is 5.91 Å². The molecule has 0 spiro atoms. The lowest BCUT2D eigenvalue weighted by Gasteiger charge is -2.56. The Labute approximate surface area is 195 Å². The van der Waals surface area contributed by atoms with E-state index in [2.05, 4.69) is 12.1 Å². The van der Waals surface area contributed by atoms with Crippen molar-refractivity contribution in [2.24, 2.45) is 28.3 Å². The molecule has 7 rings (SSSR count). The van der Waals surface area contributed by atoms with Gasteiger partial charge in [0.15, 0.2) is 0 Å². The molecule has 5 heteroatoms. The summed E-state index contributed by atoms with van der Waals surface area (Å²) in [6.07, 6.45) is 7.86. The van der Waals surface area contributed by atoms with Crippen LogP contribution in [0.25, 0.3) is 0 Å². The van der Waals surface area contributed by atoms with E-state index in [1.807, 2.05) is 41.4 Å². The molecule has 4 fully saturated rings. The molecular formula is C28H32N2O3. The van der Waals surface area contributed by atoms with E-state index in [-0.39, 0.29) is 17.4 Å². The van der Waals surface area contributed by atoms with Crippen molar-refractivity contribution in [3.05, 3.63) is 59.7 Å². The summed E-state index contributed by atoms with van der Waals surface area (Å²) in [5, 5.41) is 6.86. The van der Waals surface area contributed by atoms with E-state index in [1.165, 1.54) is 19.3 Å². The lowest BCUT2D eigenvalue weighted by atomic mass is 9.49. The Morgan fingerprint density at radius 2 is 1.36 bits per heavy atom. The average molecular weight is 445 g/mol. The number of hydrogen-bond acceptors (Lipinski definition) is 4. The second kappa shape index (κ2) is 7.89. The molecule has 33 heavy (non-hydrogen) atoms. The van der Waals surface area contributed by atoms with Gasteiger partial charge in [-0.15, -0.1) is 0 Å². The maximum absolute atomic E-state index is 14.3. The highest BCUT2D eigenvalue weighted by Crippen LogP contribution is 2.61. The zero-order valence-electron chi connectivity index (χ0n) is 19.5. The van der Waals surface area contributed by atoms with Gasteiger partial charge in [-0.05, 0) is 104 Å². The van der Waals surface area contributed by atoms with Gasteiger partial charge in [-0.1, -0.05) is 12.1 Å². The minimum atomic E-state index is -0.210. The van der Waals surface area contributed by atoms with Crippen LogP contribution in [0.4, 0.5) is 0 Å². The minimum absolute atomic E-state index is 0.0755. The Morgan fingerprint density at radius 3 is 1.88 bits per heavy atom. The fourth-order valence-corrected chi connectivity index (χ4v) is 7.36. The van der Waals surface area contributed by atoms with Crippen LogP contribution in [0, 0.1) is 23.2 Å². The molecule has 5 nitrogen and oxygen atoms in total. The van der Waals surface area contributed by atoms with Gasteiger partial charge in [-0.25, -0.2) is 5.01 Å². The Hall–Kier alpha value is -2.82. The van der Waals surface area contributed by atoms with Crippen LogP contribution >= 0.6 is 0 Å². The maximum Gasteiger partial charge on any atom is 0.249 e. The van der Waals surface area contributed by atoms with Crippen LogP contribution in [0.1, 0.15) is 62.1 Å². The van der Waals surface area contributed by atoms with Crippen molar-refractivity contribution in [2.45, 2.75) is 51.0 Å². The number of carbonyl (C=O) groups excluding carboxylic acids is 1. The second-order valence-corrected chi connectivity index (χ2v) is 10.6. The summed E-state index contributed by atoms with van der Waals surface area (Å²) < 4.78 is 10.7. The van der Waals surface area contributed by atoms with E-state index in [0.717, 1.165) is 71.8 Å². The summed E-state index contributed by atoms with van der Waals surface area (Å²) in [6.45, 7) is 0. The first-order valence-corrected chi connectivity index (χ1v) is 12.3. The normalized spacial score (nSPS) is 32.1.